The predicted molar refractivity (Wildman–Crippen MR) is 184 cm³/mol. The molecule has 244 valence electrons. The first-order valence-corrected chi connectivity index (χ1v) is 18.9. The van der Waals surface area contributed by atoms with Crippen LogP contribution >= 0.6 is 34.7 Å². The van der Waals surface area contributed by atoms with Gasteiger partial charge in [-0.25, -0.2) is 19.9 Å². The number of piperidine rings is 1. The Morgan fingerprint density at radius 1 is 1.15 bits per heavy atom. The molecule has 0 bridgehead atoms. The lowest BCUT2D eigenvalue weighted by molar-refractivity contribution is 0.0609. The van der Waals surface area contributed by atoms with E-state index in [2.05, 4.69) is 19.6 Å². The van der Waals surface area contributed by atoms with E-state index in [1.54, 1.807) is 28.4 Å². The van der Waals surface area contributed by atoms with E-state index < -0.39 is 11.4 Å². The Labute approximate surface area is 285 Å². The van der Waals surface area contributed by atoms with Crippen molar-refractivity contribution in [1.82, 2.24) is 29.2 Å². The van der Waals surface area contributed by atoms with Crippen molar-refractivity contribution >= 4 is 62.8 Å². The van der Waals surface area contributed by atoms with Crippen LogP contribution in [0, 0.1) is 11.3 Å². The molecule has 5 heterocycles. The molecule has 4 aromatic rings. The second-order valence-corrected chi connectivity index (χ2v) is 17.8. The fourth-order valence-corrected chi connectivity index (χ4v) is 9.84. The first-order chi connectivity index (χ1) is 22.1. The van der Waals surface area contributed by atoms with E-state index in [9.17, 15) is 9.35 Å². The minimum absolute atomic E-state index is 0.0128. The molecule has 3 aromatic heterocycles. The number of aromatic nitrogens is 5. The van der Waals surface area contributed by atoms with Crippen LogP contribution in [0.1, 0.15) is 63.1 Å². The molecule has 1 aromatic carbocycles. The molecule has 1 aliphatic carbocycles. The number of fused-ring (bicyclic) bond motifs is 2. The van der Waals surface area contributed by atoms with E-state index in [0.29, 0.717) is 33.4 Å². The molecule has 0 amide bonds. The first kappa shape index (κ1) is 32.3. The molecular formula is C32H38ClN7O3S3. The van der Waals surface area contributed by atoms with Gasteiger partial charge in [0, 0.05) is 59.4 Å². The molecule has 1 spiro atoms. The Hall–Kier alpha value is -2.26. The van der Waals surface area contributed by atoms with Crippen molar-refractivity contribution in [3.8, 4) is 0 Å². The van der Waals surface area contributed by atoms with Crippen LogP contribution in [0.2, 0.25) is 5.02 Å². The highest BCUT2D eigenvalue weighted by Gasteiger charge is 2.52. The topological polar surface area (TPSA) is 121 Å². The molecule has 2 aliphatic heterocycles. The number of anilines is 1. The number of nitrogens with zero attached hydrogens (tertiary/aromatic N) is 6. The second kappa shape index (κ2) is 13.0. The number of thiazole rings is 1. The molecule has 3 aliphatic rings. The highest BCUT2D eigenvalue weighted by atomic mass is 35.5. The summed E-state index contributed by atoms with van der Waals surface area (Å²) in [5, 5.41) is 1.53. The predicted octanol–water partition coefficient (Wildman–Crippen LogP) is 5.81. The number of nitrogens with one attached hydrogen (secondary N) is 1. The third-order valence-electron chi connectivity index (χ3n) is 9.45. The van der Waals surface area contributed by atoms with Crippen LogP contribution in [-0.2, 0) is 29.1 Å². The molecule has 0 saturated carbocycles. The summed E-state index contributed by atoms with van der Waals surface area (Å²) in [6.07, 6.45) is 9.88. The van der Waals surface area contributed by atoms with E-state index in [1.165, 1.54) is 16.6 Å². The van der Waals surface area contributed by atoms with E-state index >= 15 is 0 Å². The van der Waals surface area contributed by atoms with Crippen molar-refractivity contribution in [2.45, 2.75) is 80.1 Å². The summed E-state index contributed by atoms with van der Waals surface area (Å²) in [7, 11) is 0. The van der Waals surface area contributed by atoms with Crippen molar-refractivity contribution in [2.24, 2.45) is 11.3 Å². The zero-order chi connectivity index (χ0) is 32.1. The largest absolute Gasteiger partial charge is 0.598 e. The van der Waals surface area contributed by atoms with Gasteiger partial charge in [-0.05, 0) is 70.9 Å². The van der Waals surface area contributed by atoms with Crippen LogP contribution in [-0.4, -0.2) is 60.1 Å². The first-order valence-electron chi connectivity index (χ1n) is 15.7. The standard InChI is InChI=1S/C32H38ClN7O3S3/c1-31(2,3)46(42)38-29-28-22(37-19-44-28)14-32(29)8-10-39(11-9-32)24-15-35-25(16-34-24)45-23-5-4-21-26(27(23)33)30(41)40(18-36-21)17-20-6-12-43-13-7-20/h4-5,15-16,18-20,29,38H,6-14,17H2,1-3H3/t29-,46?/m0/s1. The summed E-state index contributed by atoms with van der Waals surface area (Å²) in [5.74, 6) is 1.22. The summed E-state index contributed by atoms with van der Waals surface area (Å²) in [5.41, 5.74) is 3.50. The fraction of sp³-hybridized carbons (Fsp3) is 0.531. The molecule has 2 atom stereocenters. The molecule has 1 unspecified atom stereocenters. The normalized spacial score (nSPS) is 20.8. The quantitative estimate of drug-likeness (QED) is 0.237. The Morgan fingerprint density at radius 2 is 1.93 bits per heavy atom. The smallest absolute Gasteiger partial charge is 0.262 e. The lowest BCUT2D eigenvalue weighted by Crippen LogP contribution is -2.49. The van der Waals surface area contributed by atoms with Crippen molar-refractivity contribution in [2.75, 3.05) is 31.2 Å². The third-order valence-corrected chi connectivity index (χ3v) is 13.4. The Kier molecular flexibility index (Phi) is 9.11. The maximum Gasteiger partial charge on any atom is 0.262 e. The maximum atomic E-state index is 13.4. The molecular weight excluding hydrogens is 662 g/mol. The van der Waals surface area contributed by atoms with Gasteiger partial charge in [0.1, 0.15) is 15.6 Å². The lowest BCUT2D eigenvalue weighted by atomic mass is 9.74. The van der Waals surface area contributed by atoms with Gasteiger partial charge in [-0.1, -0.05) is 23.4 Å². The van der Waals surface area contributed by atoms with Crippen molar-refractivity contribution < 1.29 is 9.29 Å². The summed E-state index contributed by atoms with van der Waals surface area (Å²) in [6, 6.07) is 3.76. The van der Waals surface area contributed by atoms with Crippen LogP contribution in [0.25, 0.3) is 10.9 Å². The minimum atomic E-state index is -1.17. The van der Waals surface area contributed by atoms with Gasteiger partial charge < -0.3 is 14.2 Å². The Balaban J connectivity index is 1.03. The average Bonchev–Trinajstić information content (AvgIpc) is 3.60. The van der Waals surface area contributed by atoms with Gasteiger partial charge in [0.25, 0.3) is 5.56 Å². The van der Waals surface area contributed by atoms with Gasteiger partial charge in [-0.15, -0.1) is 16.1 Å². The van der Waals surface area contributed by atoms with Crippen LogP contribution in [0.3, 0.4) is 0 Å². The Morgan fingerprint density at radius 3 is 2.65 bits per heavy atom. The zero-order valence-corrected chi connectivity index (χ0v) is 29.4. The van der Waals surface area contributed by atoms with Crippen molar-refractivity contribution in [3.05, 3.63) is 62.3 Å². The lowest BCUT2D eigenvalue weighted by Gasteiger charge is -2.43. The van der Waals surface area contributed by atoms with Crippen LogP contribution < -0.4 is 15.2 Å². The van der Waals surface area contributed by atoms with Gasteiger partial charge >= 0.3 is 0 Å². The zero-order valence-electron chi connectivity index (χ0n) is 26.2. The van der Waals surface area contributed by atoms with E-state index in [-0.39, 0.29) is 21.8 Å². The van der Waals surface area contributed by atoms with Gasteiger partial charge in [-0.3, -0.25) is 9.36 Å². The molecule has 2 saturated heterocycles. The van der Waals surface area contributed by atoms with E-state index in [4.69, 9.17) is 26.3 Å². The number of halogens is 1. The van der Waals surface area contributed by atoms with Gasteiger partial charge in [-0.2, -0.15) is 0 Å². The monoisotopic (exact) mass is 699 g/mol. The molecule has 7 rings (SSSR count). The number of hydrogen-bond donors (Lipinski definition) is 1. The van der Waals surface area contributed by atoms with Crippen molar-refractivity contribution in [1.29, 1.82) is 0 Å². The SMILES string of the molecule is CC(C)(C)[S+]([O-])N[C@H]1c2scnc2CC12CCN(c1cnc(Sc3ccc4ncn(CC5CCOCC5)c(=O)c4c3Cl)cn1)CC2. The molecule has 46 heavy (non-hydrogen) atoms. The summed E-state index contributed by atoms with van der Waals surface area (Å²) < 4.78 is 23.4. The molecule has 0 radical (unpaired) electrons. The molecule has 1 N–H and O–H groups in total. The number of rotatable bonds is 7. The fourth-order valence-electron chi connectivity index (χ4n) is 6.71. The van der Waals surface area contributed by atoms with E-state index in [0.717, 1.165) is 74.8 Å². The second-order valence-electron chi connectivity index (χ2n) is 13.5. The van der Waals surface area contributed by atoms with Crippen molar-refractivity contribution in [3.63, 3.8) is 0 Å². The number of ether oxygens (including phenoxy) is 1. The maximum absolute atomic E-state index is 13.4. The highest BCUT2D eigenvalue weighted by molar-refractivity contribution is 7.99. The Bertz CT molecular complexity index is 1760. The molecule has 2 fully saturated rings. The summed E-state index contributed by atoms with van der Waals surface area (Å²) in [6.45, 7) is 9.75. The average molecular weight is 700 g/mol. The van der Waals surface area contributed by atoms with Crippen LogP contribution in [0.5, 0.6) is 0 Å². The van der Waals surface area contributed by atoms with Gasteiger partial charge in [0.05, 0.1) is 51.9 Å². The summed E-state index contributed by atoms with van der Waals surface area (Å²) in [4.78, 5) is 36.4. The van der Waals surface area contributed by atoms with Crippen LogP contribution in [0.4, 0.5) is 5.82 Å². The van der Waals surface area contributed by atoms with E-state index in [1.807, 2.05) is 44.6 Å². The minimum Gasteiger partial charge on any atom is -0.598 e. The molecule has 14 heteroatoms. The summed E-state index contributed by atoms with van der Waals surface area (Å²) >= 11 is 8.73. The highest BCUT2D eigenvalue weighted by Crippen LogP contribution is 2.53. The van der Waals surface area contributed by atoms with Crippen LogP contribution in [0.15, 0.2) is 51.1 Å². The number of hydrogen-bond acceptors (Lipinski definition) is 11. The third kappa shape index (κ3) is 6.31. The molecule has 10 nitrogen and oxygen atoms in total. The number of benzene rings is 1. The van der Waals surface area contributed by atoms with Gasteiger partial charge in [0.2, 0.25) is 0 Å². The van der Waals surface area contributed by atoms with Gasteiger partial charge in [0.15, 0.2) is 0 Å².